The second-order valence-corrected chi connectivity index (χ2v) is 9.25. The smallest absolute Gasteiger partial charge is 0.220 e. The number of piperidine rings is 1. The van der Waals surface area contributed by atoms with Gasteiger partial charge in [-0.05, 0) is 52.2 Å². The Morgan fingerprint density at radius 3 is 2.45 bits per heavy atom. The van der Waals surface area contributed by atoms with E-state index in [2.05, 4.69) is 17.1 Å². The van der Waals surface area contributed by atoms with Crippen molar-refractivity contribution >= 4 is 10.0 Å². The van der Waals surface area contributed by atoms with Gasteiger partial charge in [0, 0.05) is 26.2 Å². The number of likely N-dealkylation sites (tertiary alicyclic amines) is 1. The second-order valence-electron chi connectivity index (χ2n) is 6.68. The number of hydrogen-bond acceptors (Lipinski definition) is 4. The van der Waals surface area contributed by atoms with Gasteiger partial charge in [0.05, 0.1) is 4.75 Å². The number of sulfonamides is 1. The highest BCUT2D eigenvalue weighted by Crippen LogP contribution is 2.26. The molecule has 2 saturated heterocycles. The third kappa shape index (κ3) is 3.35. The molecule has 0 atom stereocenters. The fraction of sp³-hybridized carbons (Fsp3) is 1.00. The highest BCUT2D eigenvalue weighted by molar-refractivity contribution is 7.90. The largest absolute Gasteiger partial charge is 0.314 e. The van der Waals surface area contributed by atoms with Crippen molar-refractivity contribution < 1.29 is 8.42 Å². The van der Waals surface area contributed by atoms with Crippen molar-refractivity contribution in [1.82, 2.24) is 14.5 Å². The Labute approximate surface area is 123 Å². The van der Waals surface area contributed by atoms with Crippen molar-refractivity contribution in [3.63, 3.8) is 0 Å². The second kappa shape index (κ2) is 6.30. The maximum atomic E-state index is 12.7. The van der Waals surface area contributed by atoms with Gasteiger partial charge in [-0.3, -0.25) is 0 Å². The Hall–Kier alpha value is -0.170. The lowest BCUT2D eigenvalue weighted by Gasteiger charge is -2.35. The summed E-state index contributed by atoms with van der Waals surface area (Å²) in [4.78, 5) is 2.44. The normalized spacial score (nSPS) is 29.1. The van der Waals surface area contributed by atoms with Gasteiger partial charge in [-0.2, -0.15) is 4.31 Å². The zero-order chi connectivity index (χ0) is 14.8. The molecule has 0 aromatic carbocycles. The van der Waals surface area contributed by atoms with Crippen LogP contribution < -0.4 is 5.32 Å². The summed E-state index contributed by atoms with van der Waals surface area (Å²) < 4.78 is 26.5. The number of nitrogens with one attached hydrogen (secondary N) is 1. The molecule has 0 aliphatic carbocycles. The Kier molecular flexibility index (Phi) is 5.10. The molecule has 2 heterocycles. The monoisotopic (exact) mass is 303 g/mol. The molecule has 20 heavy (non-hydrogen) atoms. The molecule has 6 heteroatoms. The number of rotatable bonds is 3. The maximum Gasteiger partial charge on any atom is 0.220 e. The zero-order valence-electron chi connectivity index (χ0n) is 13.1. The first-order valence-electron chi connectivity index (χ1n) is 7.79. The van der Waals surface area contributed by atoms with Crippen LogP contribution in [0.2, 0.25) is 0 Å². The van der Waals surface area contributed by atoms with Gasteiger partial charge in [0.1, 0.15) is 0 Å². The molecule has 0 radical (unpaired) electrons. The van der Waals surface area contributed by atoms with Crippen LogP contribution in [0.1, 0.15) is 33.6 Å². The van der Waals surface area contributed by atoms with E-state index in [-0.39, 0.29) is 0 Å². The quantitative estimate of drug-likeness (QED) is 0.835. The maximum absolute atomic E-state index is 12.7. The number of nitrogens with zero attached hydrogens (tertiary/aromatic N) is 2. The molecule has 2 fully saturated rings. The van der Waals surface area contributed by atoms with Crippen molar-refractivity contribution in [3.05, 3.63) is 0 Å². The lowest BCUT2D eigenvalue weighted by atomic mass is 9.97. The minimum Gasteiger partial charge on any atom is -0.314 e. The van der Waals surface area contributed by atoms with E-state index in [0.717, 1.165) is 39.0 Å². The predicted octanol–water partition coefficient (Wildman–Crippen LogP) is 0.732. The van der Waals surface area contributed by atoms with Crippen molar-refractivity contribution in [2.75, 3.05) is 45.8 Å². The van der Waals surface area contributed by atoms with E-state index in [1.54, 1.807) is 4.31 Å². The zero-order valence-corrected chi connectivity index (χ0v) is 13.9. The van der Waals surface area contributed by atoms with Crippen LogP contribution in [-0.4, -0.2) is 68.2 Å². The minimum atomic E-state index is -3.20. The average molecular weight is 303 g/mol. The van der Waals surface area contributed by atoms with E-state index in [1.165, 1.54) is 0 Å². The van der Waals surface area contributed by atoms with E-state index in [9.17, 15) is 8.42 Å². The average Bonchev–Trinajstić information content (AvgIpc) is 2.50. The molecule has 2 aliphatic rings. The van der Waals surface area contributed by atoms with Gasteiger partial charge in [0.2, 0.25) is 10.0 Å². The first kappa shape index (κ1) is 16.2. The van der Waals surface area contributed by atoms with Crippen LogP contribution in [0.5, 0.6) is 0 Å². The van der Waals surface area contributed by atoms with Crippen LogP contribution in [0.15, 0.2) is 0 Å². The fourth-order valence-corrected chi connectivity index (χ4v) is 4.84. The summed E-state index contributed by atoms with van der Waals surface area (Å²) in [6, 6.07) is 0. The summed E-state index contributed by atoms with van der Waals surface area (Å²) in [5.41, 5.74) is 0. The van der Waals surface area contributed by atoms with Gasteiger partial charge in [0.15, 0.2) is 0 Å². The van der Waals surface area contributed by atoms with Gasteiger partial charge in [0.25, 0.3) is 0 Å². The van der Waals surface area contributed by atoms with E-state index < -0.39 is 14.8 Å². The number of hydrogen-bond donors (Lipinski definition) is 1. The third-order valence-electron chi connectivity index (χ3n) is 4.74. The summed E-state index contributed by atoms with van der Waals surface area (Å²) in [5, 5.41) is 3.25. The van der Waals surface area contributed by atoms with E-state index in [4.69, 9.17) is 0 Å². The van der Waals surface area contributed by atoms with Gasteiger partial charge in [-0.1, -0.05) is 6.92 Å². The van der Waals surface area contributed by atoms with Crippen LogP contribution in [0, 0.1) is 5.92 Å². The van der Waals surface area contributed by atoms with E-state index in [0.29, 0.717) is 25.6 Å². The summed E-state index contributed by atoms with van der Waals surface area (Å²) >= 11 is 0. The molecule has 0 unspecified atom stereocenters. The lowest BCUT2D eigenvalue weighted by Crippen LogP contribution is -2.48. The van der Waals surface area contributed by atoms with Crippen molar-refractivity contribution in [3.8, 4) is 0 Å². The highest BCUT2D eigenvalue weighted by Gasteiger charge is 2.41. The fourth-order valence-electron chi connectivity index (χ4n) is 3.12. The third-order valence-corrected chi connectivity index (χ3v) is 7.30. The summed E-state index contributed by atoms with van der Waals surface area (Å²) in [5.74, 6) is 0.515. The first-order valence-corrected chi connectivity index (χ1v) is 9.23. The van der Waals surface area contributed by atoms with Gasteiger partial charge in [-0.15, -0.1) is 0 Å². The van der Waals surface area contributed by atoms with Gasteiger partial charge >= 0.3 is 0 Å². The summed E-state index contributed by atoms with van der Waals surface area (Å²) in [7, 11) is -3.20. The molecule has 2 rings (SSSR count). The van der Waals surface area contributed by atoms with E-state index in [1.807, 2.05) is 13.8 Å². The molecule has 5 nitrogen and oxygen atoms in total. The molecule has 0 bridgehead atoms. The Morgan fingerprint density at radius 2 is 1.85 bits per heavy atom. The van der Waals surface area contributed by atoms with Crippen molar-refractivity contribution in [2.45, 2.75) is 38.4 Å². The lowest BCUT2D eigenvalue weighted by molar-refractivity contribution is 0.175. The van der Waals surface area contributed by atoms with E-state index >= 15 is 0 Å². The first-order chi connectivity index (χ1) is 9.37. The molecular weight excluding hydrogens is 274 g/mol. The van der Waals surface area contributed by atoms with Crippen molar-refractivity contribution in [1.29, 1.82) is 0 Å². The molecule has 1 N–H and O–H groups in total. The predicted molar refractivity (Wildman–Crippen MR) is 82.3 cm³/mol. The molecular formula is C14H29N3O2S. The van der Waals surface area contributed by atoms with Crippen molar-refractivity contribution in [2.24, 2.45) is 5.92 Å². The van der Waals surface area contributed by atoms with Crippen LogP contribution in [0.25, 0.3) is 0 Å². The topological polar surface area (TPSA) is 52.6 Å². The molecule has 2 aliphatic heterocycles. The van der Waals surface area contributed by atoms with Gasteiger partial charge < -0.3 is 10.2 Å². The Morgan fingerprint density at radius 1 is 1.20 bits per heavy atom. The molecule has 0 saturated carbocycles. The van der Waals surface area contributed by atoms with Crippen LogP contribution in [0.4, 0.5) is 0 Å². The van der Waals surface area contributed by atoms with Crippen LogP contribution in [-0.2, 0) is 10.0 Å². The van der Waals surface area contributed by atoms with Gasteiger partial charge in [-0.25, -0.2) is 8.42 Å². The Bertz CT molecular complexity index is 414. The molecule has 0 amide bonds. The molecule has 0 aromatic rings. The molecule has 0 spiro atoms. The van der Waals surface area contributed by atoms with Crippen LogP contribution in [0.3, 0.4) is 0 Å². The summed E-state index contributed by atoms with van der Waals surface area (Å²) in [6.07, 6.45) is 2.24. The molecule has 0 aromatic heterocycles. The summed E-state index contributed by atoms with van der Waals surface area (Å²) in [6.45, 7) is 11.8. The Balaban J connectivity index is 2.01. The SMILES string of the molecule is CCN1CCC(CN2CCNCC(C)(C)S2(=O)=O)CC1. The minimum absolute atomic E-state index is 0.515. The standard InChI is InChI=1S/C14H29N3O2S/c1-4-16-8-5-13(6-9-16)11-17-10-7-15-12-14(2,3)20(17,18)19/h13,15H,4-12H2,1-3H3. The molecule has 118 valence electrons. The highest BCUT2D eigenvalue weighted by atomic mass is 32.2. The van der Waals surface area contributed by atoms with Crippen LogP contribution >= 0.6 is 0 Å².